The molecule has 1 saturated carbocycles. The van der Waals surface area contributed by atoms with Crippen LogP contribution in [0.15, 0.2) is 55.1 Å². The molecular weight excluding hydrogens is 429 g/mol. The average Bonchev–Trinajstić information content (AvgIpc) is 3.16. The van der Waals surface area contributed by atoms with Crippen molar-refractivity contribution in [2.75, 3.05) is 26.0 Å². The number of hydrogen-bond acceptors (Lipinski definition) is 4. The zero-order chi connectivity index (χ0) is 24.1. The Bertz CT molecular complexity index is 1150. The van der Waals surface area contributed by atoms with Gasteiger partial charge < -0.3 is 15.5 Å². The number of nitrogens with one attached hydrogen (secondary N) is 2. The van der Waals surface area contributed by atoms with Crippen molar-refractivity contribution in [3.05, 3.63) is 60.9 Å². The maximum atomic E-state index is 14.4. The van der Waals surface area contributed by atoms with Crippen LogP contribution in [0.5, 0.6) is 0 Å². The van der Waals surface area contributed by atoms with Gasteiger partial charge >= 0.3 is 0 Å². The Hall–Kier alpha value is -3.19. The molecule has 0 saturated heterocycles. The van der Waals surface area contributed by atoms with Crippen molar-refractivity contribution in [3.8, 4) is 11.1 Å². The van der Waals surface area contributed by atoms with Gasteiger partial charge in [-0.05, 0) is 82.6 Å². The molecule has 1 aromatic heterocycles. The highest BCUT2D eigenvalue weighted by molar-refractivity contribution is 5.93. The van der Waals surface area contributed by atoms with Crippen molar-refractivity contribution in [1.29, 1.82) is 0 Å². The van der Waals surface area contributed by atoms with Crippen molar-refractivity contribution in [3.63, 3.8) is 0 Å². The predicted octanol–water partition coefficient (Wildman–Crippen LogP) is 4.82. The number of hydrogen-bond donors (Lipinski definition) is 2. The van der Waals surface area contributed by atoms with Crippen LogP contribution in [-0.2, 0) is 11.3 Å². The lowest BCUT2D eigenvalue weighted by Gasteiger charge is -2.30. The van der Waals surface area contributed by atoms with Crippen molar-refractivity contribution in [2.24, 2.45) is 0 Å². The van der Waals surface area contributed by atoms with Gasteiger partial charge in [0.05, 0.1) is 5.52 Å². The first-order valence-corrected chi connectivity index (χ1v) is 12.0. The lowest BCUT2D eigenvalue weighted by atomic mass is 9.91. The third-order valence-electron chi connectivity index (χ3n) is 6.50. The summed E-state index contributed by atoms with van der Waals surface area (Å²) in [5.41, 5.74) is 2.27. The number of nitrogens with zero attached hydrogens (tertiary/aromatic N) is 3. The minimum Gasteiger partial charge on any atom is -0.367 e. The van der Waals surface area contributed by atoms with E-state index in [9.17, 15) is 9.18 Å². The Kier molecular flexibility index (Phi) is 7.63. The normalized spacial score (nSPS) is 18.2. The summed E-state index contributed by atoms with van der Waals surface area (Å²) >= 11 is 0. The van der Waals surface area contributed by atoms with Crippen LogP contribution < -0.4 is 10.6 Å². The zero-order valence-electron chi connectivity index (χ0n) is 20.1. The van der Waals surface area contributed by atoms with Gasteiger partial charge in [-0.25, -0.2) is 9.07 Å². The summed E-state index contributed by atoms with van der Waals surface area (Å²) in [4.78, 5) is 13.8. The first-order valence-electron chi connectivity index (χ1n) is 12.0. The second kappa shape index (κ2) is 10.8. The monoisotopic (exact) mass is 463 g/mol. The molecule has 0 atom stereocenters. The first-order chi connectivity index (χ1) is 16.4. The van der Waals surface area contributed by atoms with Gasteiger partial charge in [0.15, 0.2) is 0 Å². The minimum atomic E-state index is -0.231. The van der Waals surface area contributed by atoms with E-state index in [0.717, 1.165) is 67.5 Å². The number of aryl methyl sites for hydroxylation is 1. The highest BCUT2D eigenvalue weighted by Crippen LogP contribution is 2.32. The third-order valence-corrected chi connectivity index (χ3v) is 6.50. The molecule has 0 radical (unpaired) electrons. The van der Waals surface area contributed by atoms with E-state index in [1.54, 1.807) is 12.1 Å². The highest BCUT2D eigenvalue weighted by Gasteiger charge is 2.24. The number of carbonyl (C=O) groups excluding carboxylic acids is 1. The molecule has 0 bridgehead atoms. The SMILES string of the molecule is C=CC(=O)NC1CCC(Nc2c3ccc(-c4ccccc4F)cc3nn2CCCN(C)C)CC1. The molecular formula is C27H34FN5O. The van der Waals surface area contributed by atoms with Crippen LogP contribution in [0.1, 0.15) is 32.1 Å². The molecule has 180 valence electrons. The molecule has 2 aromatic carbocycles. The summed E-state index contributed by atoms with van der Waals surface area (Å²) < 4.78 is 16.4. The molecule has 6 nitrogen and oxygen atoms in total. The molecule has 0 aliphatic heterocycles. The van der Waals surface area contributed by atoms with Crippen LogP contribution in [0, 0.1) is 5.82 Å². The smallest absolute Gasteiger partial charge is 0.243 e. The first kappa shape index (κ1) is 24.0. The topological polar surface area (TPSA) is 62.2 Å². The fourth-order valence-corrected chi connectivity index (χ4v) is 4.68. The predicted molar refractivity (Wildman–Crippen MR) is 136 cm³/mol. The van der Waals surface area contributed by atoms with Crippen LogP contribution in [0.2, 0.25) is 0 Å². The number of amides is 1. The summed E-state index contributed by atoms with van der Waals surface area (Å²) in [5.74, 6) is 0.686. The number of halogens is 1. The molecule has 2 N–H and O–H groups in total. The summed E-state index contributed by atoms with van der Waals surface area (Å²) in [6.45, 7) is 5.31. The number of anilines is 1. The fourth-order valence-electron chi connectivity index (χ4n) is 4.68. The number of aromatic nitrogens is 2. The van der Waals surface area contributed by atoms with Gasteiger partial charge in [0.2, 0.25) is 5.91 Å². The van der Waals surface area contributed by atoms with E-state index in [0.29, 0.717) is 11.6 Å². The number of rotatable bonds is 9. The zero-order valence-corrected chi connectivity index (χ0v) is 20.1. The Morgan fingerprint density at radius 1 is 1.18 bits per heavy atom. The third kappa shape index (κ3) is 5.65. The van der Waals surface area contributed by atoms with Gasteiger partial charge in [0.1, 0.15) is 11.6 Å². The maximum Gasteiger partial charge on any atom is 0.243 e. The standard InChI is InChI=1S/C27H34FN5O/c1-4-26(34)29-20-11-13-21(14-12-20)30-27-23-15-10-19(22-8-5-6-9-24(22)28)18-25(23)31-33(27)17-7-16-32(2)3/h4-6,8-10,15,18,20-21,30H,1,7,11-14,16-17H2,2-3H3,(H,29,34). The Balaban J connectivity index is 1.56. The van der Waals surface area contributed by atoms with E-state index in [-0.39, 0.29) is 17.8 Å². The summed E-state index contributed by atoms with van der Waals surface area (Å²) in [6.07, 6.45) is 6.12. The lowest BCUT2D eigenvalue weighted by Crippen LogP contribution is -2.39. The van der Waals surface area contributed by atoms with E-state index in [4.69, 9.17) is 5.10 Å². The summed E-state index contributed by atoms with van der Waals surface area (Å²) in [6, 6.07) is 13.4. The van der Waals surface area contributed by atoms with E-state index < -0.39 is 0 Å². The van der Waals surface area contributed by atoms with E-state index in [1.807, 2.05) is 24.3 Å². The van der Waals surface area contributed by atoms with Crippen molar-refractivity contribution >= 4 is 22.6 Å². The molecule has 34 heavy (non-hydrogen) atoms. The van der Waals surface area contributed by atoms with Gasteiger partial charge in [-0.3, -0.25) is 4.79 Å². The van der Waals surface area contributed by atoms with Gasteiger partial charge in [0, 0.05) is 29.6 Å². The van der Waals surface area contributed by atoms with Gasteiger partial charge in [-0.1, -0.05) is 30.8 Å². The molecule has 1 aliphatic rings. The maximum absolute atomic E-state index is 14.4. The largest absolute Gasteiger partial charge is 0.367 e. The average molecular weight is 464 g/mol. The quantitative estimate of drug-likeness (QED) is 0.447. The fraction of sp³-hybridized carbons (Fsp3) is 0.407. The van der Waals surface area contributed by atoms with Gasteiger partial charge in [0.25, 0.3) is 0 Å². The molecule has 1 amide bonds. The number of carbonyl (C=O) groups is 1. The lowest BCUT2D eigenvalue weighted by molar-refractivity contribution is -0.117. The van der Waals surface area contributed by atoms with Crippen molar-refractivity contribution < 1.29 is 9.18 Å². The Morgan fingerprint density at radius 2 is 1.91 bits per heavy atom. The van der Waals surface area contributed by atoms with Crippen molar-refractivity contribution in [1.82, 2.24) is 20.0 Å². The van der Waals surface area contributed by atoms with Crippen LogP contribution in [-0.4, -0.2) is 53.3 Å². The molecule has 0 unspecified atom stereocenters. The highest BCUT2D eigenvalue weighted by atomic mass is 19.1. The Labute approximate surface area is 200 Å². The van der Waals surface area contributed by atoms with E-state index in [2.05, 4.69) is 40.9 Å². The van der Waals surface area contributed by atoms with Crippen molar-refractivity contribution in [2.45, 2.75) is 50.7 Å². The molecule has 1 aliphatic carbocycles. The van der Waals surface area contributed by atoms with Crippen LogP contribution in [0.25, 0.3) is 22.0 Å². The molecule has 4 rings (SSSR count). The molecule has 7 heteroatoms. The van der Waals surface area contributed by atoms with E-state index in [1.165, 1.54) is 12.1 Å². The summed E-state index contributed by atoms with van der Waals surface area (Å²) in [7, 11) is 4.14. The molecule has 1 fully saturated rings. The number of fused-ring (bicyclic) bond motifs is 1. The molecule has 1 heterocycles. The second-order valence-corrected chi connectivity index (χ2v) is 9.35. The summed E-state index contributed by atoms with van der Waals surface area (Å²) in [5, 5.41) is 12.7. The van der Waals surface area contributed by atoms with Crippen LogP contribution >= 0.6 is 0 Å². The Morgan fingerprint density at radius 3 is 2.62 bits per heavy atom. The van der Waals surface area contributed by atoms with Gasteiger partial charge in [-0.2, -0.15) is 5.10 Å². The van der Waals surface area contributed by atoms with Crippen LogP contribution in [0.3, 0.4) is 0 Å². The molecule has 0 spiro atoms. The molecule has 3 aromatic rings. The minimum absolute atomic E-state index is 0.105. The van der Waals surface area contributed by atoms with Gasteiger partial charge in [-0.15, -0.1) is 0 Å². The van der Waals surface area contributed by atoms with E-state index >= 15 is 0 Å². The van der Waals surface area contributed by atoms with Crippen LogP contribution in [0.4, 0.5) is 10.2 Å². The second-order valence-electron chi connectivity index (χ2n) is 9.35. The number of benzene rings is 2.